The molecular formula is C14H22BN3O2. The summed E-state index contributed by atoms with van der Waals surface area (Å²) in [6.07, 6.45) is 2.56. The number of aliphatic imine (C=N–C) groups is 2. The van der Waals surface area contributed by atoms with Crippen LogP contribution in [0.15, 0.2) is 34.3 Å². The van der Waals surface area contributed by atoms with Crippen LogP contribution in [-0.4, -0.2) is 41.9 Å². The quantitative estimate of drug-likeness (QED) is 0.430. The first-order valence-electron chi connectivity index (χ1n) is 6.14. The van der Waals surface area contributed by atoms with E-state index in [1.54, 1.807) is 52.0 Å². The van der Waals surface area contributed by atoms with E-state index in [1.807, 2.05) is 0 Å². The summed E-state index contributed by atoms with van der Waals surface area (Å²) >= 11 is 0. The van der Waals surface area contributed by atoms with E-state index in [4.69, 9.17) is 23.8 Å². The Kier molecular flexibility index (Phi) is 7.17. The average Bonchev–Trinajstić information content (AvgIpc) is 2.30. The second-order valence-electron chi connectivity index (χ2n) is 5.25. The third-order valence-electron chi connectivity index (χ3n) is 2.75. The lowest BCUT2D eigenvalue weighted by Crippen LogP contribution is -2.44. The Morgan fingerprint density at radius 3 is 1.85 bits per heavy atom. The molecule has 1 aromatic carbocycles. The molecule has 0 fully saturated rings. The van der Waals surface area contributed by atoms with Crippen LogP contribution in [0, 0.1) is 0 Å². The van der Waals surface area contributed by atoms with E-state index in [0.29, 0.717) is 0 Å². The molecule has 0 saturated heterocycles. The molecule has 1 aromatic rings. The Hall–Kier alpha value is -1.66. The Labute approximate surface area is 121 Å². The van der Waals surface area contributed by atoms with Crippen LogP contribution >= 0.6 is 0 Å². The van der Waals surface area contributed by atoms with Crippen LogP contribution in [-0.2, 0) is 0 Å². The highest BCUT2D eigenvalue weighted by atomic mass is 16.3. The lowest BCUT2D eigenvalue weighted by Gasteiger charge is -2.31. The molecule has 2 radical (unpaired) electrons. The fourth-order valence-electron chi connectivity index (χ4n) is 0.699. The lowest BCUT2D eigenvalue weighted by atomic mass is 9.90. The van der Waals surface area contributed by atoms with Gasteiger partial charge >= 0.3 is 0 Å². The van der Waals surface area contributed by atoms with Crippen LogP contribution in [0.4, 0.5) is 5.69 Å². The molecule has 4 N–H and O–H groups in total. The third-order valence-corrected chi connectivity index (χ3v) is 2.75. The first kappa shape index (κ1) is 18.3. The van der Waals surface area contributed by atoms with Crippen LogP contribution in [0.25, 0.3) is 0 Å². The molecule has 0 heterocycles. The number of aliphatic hydroxyl groups is 2. The average molecular weight is 275 g/mol. The molecule has 0 amide bonds. The number of benzene rings is 1. The molecule has 0 bridgehead atoms. The van der Waals surface area contributed by atoms with Crippen LogP contribution in [0.3, 0.4) is 0 Å². The summed E-state index contributed by atoms with van der Waals surface area (Å²) in [7, 11) is 5.48. The van der Waals surface area contributed by atoms with Crippen molar-refractivity contribution in [1.82, 2.24) is 0 Å². The highest BCUT2D eigenvalue weighted by Gasteiger charge is 2.31. The van der Waals surface area contributed by atoms with E-state index in [0.717, 1.165) is 11.2 Å². The summed E-state index contributed by atoms with van der Waals surface area (Å²) < 4.78 is 0. The SMILES string of the molecule is CC(C)(O)C(C)(C)O.[B]c1ccc(N=CN=CN)cc1. The van der Waals surface area contributed by atoms with Crippen molar-refractivity contribution in [3.05, 3.63) is 24.3 Å². The zero-order valence-electron chi connectivity index (χ0n) is 12.4. The fourth-order valence-corrected chi connectivity index (χ4v) is 0.699. The second kappa shape index (κ2) is 7.82. The molecule has 20 heavy (non-hydrogen) atoms. The molecule has 0 aromatic heterocycles. The topological polar surface area (TPSA) is 91.2 Å². The summed E-state index contributed by atoms with van der Waals surface area (Å²) in [5.74, 6) is 0. The minimum atomic E-state index is -1.01. The summed E-state index contributed by atoms with van der Waals surface area (Å²) in [6.45, 7) is 6.31. The summed E-state index contributed by atoms with van der Waals surface area (Å²) in [6, 6.07) is 7.16. The second-order valence-corrected chi connectivity index (χ2v) is 5.25. The molecule has 1 rings (SSSR count). The summed E-state index contributed by atoms with van der Waals surface area (Å²) in [5, 5.41) is 18.2. The van der Waals surface area contributed by atoms with Gasteiger partial charge in [0.2, 0.25) is 0 Å². The van der Waals surface area contributed by atoms with Crippen molar-refractivity contribution in [1.29, 1.82) is 0 Å². The Bertz CT molecular complexity index is 431. The molecule has 0 spiro atoms. The van der Waals surface area contributed by atoms with Crippen LogP contribution in [0.2, 0.25) is 0 Å². The van der Waals surface area contributed by atoms with Gasteiger partial charge in [0.05, 0.1) is 23.2 Å². The first-order chi connectivity index (χ1) is 9.08. The van der Waals surface area contributed by atoms with Crippen LogP contribution in [0.5, 0.6) is 0 Å². The zero-order valence-corrected chi connectivity index (χ0v) is 12.4. The van der Waals surface area contributed by atoms with Gasteiger partial charge in [0.1, 0.15) is 14.2 Å². The minimum Gasteiger partial charge on any atom is -0.390 e. The van der Waals surface area contributed by atoms with Crippen molar-refractivity contribution in [2.24, 2.45) is 15.7 Å². The summed E-state index contributed by atoms with van der Waals surface area (Å²) in [4.78, 5) is 7.60. The van der Waals surface area contributed by atoms with Gasteiger partial charge in [0, 0.05) is 0 Å². The van der Waals surface area contributed by atoms with Crippen LogP contribution in [0.1, 0.15) is 27.7 Å². The smallest absolute Gasteiger partial charge is 0.117 e. The van der Waals surface area contributed by atoms with Crippen molar-refractivity contribution in [2.45, 2.75) is 38.9 Å². The molecule has 0 aliphatic heterocycles. The Balaban J connectivity index is 0.000000396. The summed E-state index contributed by atoms with van der Waals surface area (Å²) in [5.41, 5.74) is 4.52. The number of hydrogen-bond acceptors (Lipinski definition) is 3. The number of nitrogens with zero attached hydrogens (tertiary/aromatic N) is 2. The molecule has 0 atom stereocenters. The van der Waals surface area contributed by atoms with Gasteiger partial charge in [-0.2, -0.15) is 0 Å². The molecule has 6 heteroatoms. The molecular weight excluding hydrogens is 253 g/mol. The zero-order chi connectivity index (χ0) is 15.8. The van der Waals surface area contributed by atoms with E-state index in [9.17, 15) is 0 Å². The van der Waals surface area contributed by atoms with Crippen molar-refractivity contribution < 1.29 is 10.2 Å². The highest BCUT2D eigenvalue weighted by molar-refractivity contribution is 6.32. The molecule has 5 nitrogen and oxygen atoms in total. The normalized spacial score (nSPS) is 12.5. The van der Waals surface area contributed by atoms with Gasteiger partial charge in [-0.15, -0.1) is 0 Å². The van der Waals surface area contributed by atoms with Crippen molar-refractivity contribution in [3.63, 3.8) is 0 Å². The van der Waals surface area contributed by atoms with Gasteiger partial charge in [-0.25, -0.2) is 9.98 Å². The van der Waals surface area contributed by atoms with Gasteiger partial charge in [-0.05, 0) is 39.8 Å². The third kappa shape index (κ3) is 7.71. The predicted molar refractivity (Wildman–Crippen MR) is 85.3 cm³/mol. The number of nitrogens with two attached hydrogens (primary N) is 1. The number of hydrogen-bond donors (Lipinski definition) is 3. The van der Waals surface area contributed by atoms with Crippen molar-refractivity contribution >= 4 is 31.7 Å². The van der Waals surface area contributed by atoms with Gasteiger partial charge < -0.3 is 15.9 Å². The van der Waals surface area contributed by atoms with E-state index in [-0.39, 0.29) is 0 Å². The lowest BCUT2D eigenvalue weighted by molar-refractivity contribution is -0.107. The molecule has 0 unspecified atom stereocenters. The Morgan fingerprint density at radius 2 is 1.50 bits per heavy atom. The molecule has 0 aliphatic rings. The minimum absolute atomic E-state index is 0.719. The van der Waals surface area contributed by atoms with E-state index in [2.05, 4.69) is 9.98 Å². The number of rotatable bonds is 3. The molecule has 0 aliphatic carbocycles. The fraction of sp³-hybridized carbons (Fsp3) is 0.429. The van der Waals surface area contributed by atoms with Gasteiger partial charge in [-0.1, -0.05) is 17.6 Å². The van der Waals surface area contributed by atoms with Crippen molar-refractivity contribution in [3.8, 4) is 0 Å². The standard InChI is InChI=1S/C8H8BN3.C6H14O2/c9-7-1-3-8(4-2-7)12-6-11-5-10;1-5(2,7)6(3,4)8/h1-6H,(H2,10,11,12);7-8H,1-4H3. The van der Waals surface area contributed by atoms with Gasteiger partial charge in [-0.3, -0.25) is 0 Å². The van der Waals surface area contributed by atoms with E-state index < -0.39 is 11.2 Å². The largest absolute Gasteiger partial charge is 0.390 e. The maximum absolute atomic E-state index is 9.10. The first-order valence-corrected chi connectivity index (χ1v) is 6.14. The molecule has 0 saturated carbocycles. The highest BCUT2D eigenvalue weighted by Crippen LogP contribution is 2.19. The van der Waals surface area contributed by atoms with Crippen LogP contribution < -0.4 is 11.2 Å². The maximum atomic E-state index is 9.10. The Morgan fingerprint density at radius 1 is 1.05 bits per heavy atom. The van der Waals surface area contributed by atoms with Crippen molar-refractivity contribution in [2.75, 3.05) is 0 Å². The predicted octanol–water partition coefficient (Wildman–Crippen LogP) is 0.655. The molecule has 108 valence electrons. The maximum Gasteiger partial charge on any atom is 0.117 e. The van der Waals surface area contributed by atoms with E-state index >= 15 is 0 Å². The van der Waals surface area contributed by atoms with Gasteiger partial charge in [0.25, 0.3) is 0 Å². The van der Waals surface area contributed by atoms with E-state index in [1.165, 1.54) is 12.7 Å². The monoisotopic (exact) mass is 275 g/mol. The van der Waals surface area contributed by atoms with Gasteiger partial charge in [0.15, 0.2) is 0 Å².